The average molecular weight is 384 g/mol. The Kier molecular flexibility index (Phi) is 7.60. The first-order chi connectivity index (χ1) is 13.2. The van der Waals surface area contributed by atoms with Crippen LogP contribution >= 0.6 is 12.2 Å². The van der Waals surface area contributed by atoms with Crippen molar-refractivity contribution in [1.29, 1.82) is 0 Å². The zero-order chi connectivity index (χ0) is 18.9. The third-order valence-corrected chi connectivity index (χ3v) is 5.65. The van der Waals surface area contributed by atoms with E-state index in [4.69, 9.17) is 12.2 Å². The smallest absolute Gasteiger partial charge is 0.193 e. The summed E-state index contributed by atoms with van der Waals surface area (Å²) in [6, 6.07) is 15.0. The Bertz CT molecular complexity index is 650. The van der Waals surface area contributed by atoms with Crippen LogP contribution in [0, 0.1) is 0 Å². The van der Waals surface area contributed by atoms with Gasteiger partial charge in [0, 0.05) is 30.9 Å². The zero-order valence-corrected chi connectivity index (χ0v) is 16.6. The van der Waals surface area contributed by atoms with Gasteiger partial charge in [0.2, 0.25) is 0 Å². The fraction of sp³-hybridized carbons (Fsp3) is 0.455. The summed E-state index contributed by atoms with van der Waals surface area (Å²) in [6.07, 6.45) is 11.6. The minimum atomic E-state index is 0.271. The quantitative estimate of drug-likeness (QED) is 0.526. The summed E-state index contributed by atoms with van der Waals surface area (Å²) in [7, 11) is 0. The lowest BCUT2D eigenvalue weighted by Gasteiger charge is -2.27. The molecule has 1 aliphatic carbocycles. The summed E-state index contributed by atoms with van der Waals surface area (Å²) in [6.45, 7) is 0.530. The maximum Gasteiger partial charge on any atom is 0.193 e. The van der Waals surface area contributed by atoms with Crippen molar-refractivity contribution in [3.05, 3.63) is 66.0 Å². The van der Waals surface area contributed by atoms with Crippen LogP contribution < -0.4 is 5.32 Å². The average Bonchev–Trinajstić information content (AvgIpc) is 2.73. The Morgan fingerprint density at radius 3 is 2.56 bits per heavy atom. The molecule has 0 spiro atoms. The van der Waals surface area contributed by atoms with Gasteiger partial charge in [-0.25, -0.2) is 5.06 Å². The fourth-order valence-electron chi connectivity index (χ4n) is 3.84. The Morgan fingerprint density at radius 2 is 1.85 bits per heavy atom. The van der Waals surface area contributed by atoms with Crippen molar-refractivity contribution in [2.24, 2.45) is 0 Å². The Labute approximate surface area is 167 Å². The molecule has 0 bridgehead atoms. The second-order valence-electron chi connectivity index (χ2n) is 7.30. The summed E-state index contributed by atoms with van der Waals surface area (Å²) in [5.74, 6) is 0.271. The van der Waals surface area contributed by atoms with Crippen LogP contribution in [-0.4, -0.2) is 33.0 Å². The third-order valence-electron chi connectivity index (χ3n) is 5.32. The molecule has 1 unspecified atom stereocenters. The Morgan fingerprint density at radius 1 is 1.11 bits per heavy atom. The Balaban J connectivity index is 1.53. The molecule has 1 heterocycles. The largest absolute Gasteiger partial charge is 0.358 e. The molecular formula is C22H29N3OS. The lowest BCUT2D eigenvalue weighted by atomic mass is 9.88. The number of nitrogens with zero attached hydrogens (tertiary/aromatic N) is 2. The lowest BCUT2D eigenvalue weighted by Crippen LogP contribution is -2.44. The number of benzene rings is 1. The van der Waals surface area contributed by atoms with E-state index in [-0.39, 0.29) is 5.92 Å². The molecule has 0 aliphatic heterocycles. The maximum absolute atomic E-state index is 10.3. The number of thiocarbonyl (C=S) groups is 1. The standard InChI is InChI=1S/C22H29N3OS/c26-25(22(27)24-20-12-5-2-6-13-20)16-8-14-21(18-9-3-1-4-10-18)19-11-7-15-23-17-19/h1,3-4,7,9-11,15,17,20-21,26H,2,5-6,8,12-14,16H2,(H,24,27). The molecule has 5 heteroatoms. The first kappa shape index (κ1) is 19.8. The van der Waals surface area contributed by atoms with Gasteiger partial charge in [0.05, 0.1) is 0 Å². The van der Waals surface area contributed by atoms with Crippen LogP contribution in [0.4, 0.5) is 0 Å². The first-order valence-electron chi connectivity index (χ1n) is 9.96. The lowest BCUT2D eigenvalue weighted by molar-refractivity contribution is -0.0176. The molecule has 1 saturated carbocycles. The van der Waals surface area contributed by atoms with E-state index >= 15 is 0 Å². The summed E-state index contributed by atoms with van der Waals surface area (Å²) in [5.41, 5.74) is 2.48. The van der Waals surface area contributed by atoms with Crippen molar-refractivity contribution >= 4 is 17.3 Å². The number of pyridine rings is 1. The molecule has 1 fully saturated rings. The summed E-state index contributed by atoms with van der Waals surface area (Å²) in [4.78, 5) is 4.28. The van der Waals surface area contributed by atoms with Gasteiger partial charge in [-0.05, 0) is 55.1 Å². The molecule has 2 aromatic rings. The van der Waals surface area contributed by atoms with E-state index < -0.39 is 0 Å². The molecule has 144 valence electrons. The molecule has 0 amide bonds. The third kappa shape index (κ3) is 6.01. The number of hydrogen-bond acceptors (Lipinski definition) is 3. The van der Waals surface area contributed by atoms with Gasteiger partial charge < -0.3 is 5.32 Å². The highest BCUT2D eigenvalue weighted by Crippen LogP contribution is 2.28. The molecule has 1 aliphatic rings. The zero-order valence-electron chi connectivity index (χ0n) is 15.8. The van der Waals surface area contributed by atoms with Crippen molar-refractivity contribution in [2.45, 2.75) is 56.9 Å². The van der Waals surface area contributed by atoms with Crippen LogP contribution in [0.15, 0.2) is 54.9 Å². The van der Waals surface area contributed by atoms with Crippen LogP contribution in [0.25, 0.3) is 0 Å². The number of hydroxylamine groups is 2. The SMILES string of the molecule is ON(CCCC(c1ccccc1)c1cccnc1)C(=S)NC1CCCCC1. The minimum absolute atomic E-state index is 0.271. The van der Waals surface area contributed by atoms with E-state index in [2.05, 4.69) is 40.6 Å². The topological polar surface area (TPSA) is 48.4 Å². The van der Waals surface area contributed by atoms with Crippen LogP contribution in [0.3, 0.4) is 0 Å². The van der Waals surface area contributed by atoms with Crippen molar-refractivity contribution in [3.63, 3.8) is 0 Å². The number of hydrogen-bond donors (Lipinski definition) is 2. The van der Waals surface area contributed by atoms with Gasteiger partial charge in [-0.2, -0.15) is 0 Å². The molecule has 0 radical (unpaired) electrons. The van der Waals surface area contributed by atoms with E-state index in [0.717, 1.165) is 25.7 Å². The molecule has 0 saturated heterocycles. The van der Waals surface area contributed by atoms with Crippen LogP contribution in [0.1, 0.15) is 62.0 Å². The van der Waals surface area contributed by atoms with Crippen LogP contribution in [0.5, 0.6) is 0 Å². The Hall–Kier alpha value is -1.98. The van der Waals surface area contributed by atoms with Crippen molar-refractivity contribution in [3.8, 4) is 0 Å². The van der Waals surface area contributed by atoms with Crippen LogP contribution in [0.2, 0.25) is 0 Å². The molecule has 2 N–H and O–H groups in total. The number of rotatable bonds is 7. The monoisotopic (exact) mass is 383 g/mol. The van der Waals surface area contributed by atoms with Gasteiger partial charge in [-0.15, -0.1) is 0 Å². The predicted octanol–water partition coefficient (Wildman–Crippen LogP) is 4.89. The highest BCUT2D eigenvalue weighted by molar-refractivity contribution is 7.80. The summed E-state index contributed by atoms with van der Waals surface area (Å²) in [5, 5.41) is 15.3. The minimum Gasteiger partial charge on any atom is -0.358 e. The fourth-order valence-corrected chi connectivity index (χ4v) is 4.09. The molecule has 1 atom stereocenters. The van der Waals surface area contributed by atoms with Crippen LogP contribution in [-0.2, 0) is 0 Å². The van der Waals surface area contributed by atoms with E-state index in [1.807, 2.05) is 18.3 Å². The number of aromatic nitrogens is 1. The van der Waals surface area contributed by atoms with E-state index in [1.54, 1.807) is 6.20 Å². The molecule has 1 aromatic carbocycles. The highest BCUT2D eigenvalue weighted by Gasteiger charge is 2.18. The van der Waals surface area contributed by atoms with E-state index in [1.165, 1.54) is 35.5 Å². The summed E-state index contributed by atoms with van der Waals surface area (Å²) < 4.78 is 0. The number of nitrogens with one attached hydrogen (secondary N) is 1. The van der Waals surface area contributed by atoms with Gasteiger partial charge in [-0.3, -0.25) is 10.2 Å². The van der Waals surface area contributed by atoms with Gasteiger partial charge in [0.25, 0.3) is 0 Å². The van der Waals surface area contributed by atoms with Crippen molar-refractivity contribution in [1.82, 2.24) is 15.4 Å². The van der Waals surface area contributed by atoms with Crippen molar-refractivity contribution in [2.75, 3.05) is 6.54 Å². The second-order valence-corrected chi connectivity index (χ2v) is 7.69. The molecule has 27 heavy (non-hydrogen) atoms. The molecule has 1 aromatic heterocycles. The predicted molar refractivity (Wildman–Crippen MR) is 113 cm³/mol. The second kappa shape index (κ2) is 10.4. The van der Waals surface area contributed by atoms with Gasteiger partial charge in [0.15, 0.2) is 5.11 Å². The molecule has 3 rings (SSSR count). The van der Waals surface area contributed by atoms with E-state index in [0.29, 0.717) is 17.7 Å². The highest BCUT2D eigenvalue weighted by atomic mass is 32.1. The molecule has 4 nitrogen and oxygen atoms in total. The van der Waals surface area contributed by atoms with Gasteiger partial charge >= 0.3 is 0 Å². The van der Waals surface area contributed by atoms with Gasteiger partial charge in [-0.1, -0.05) is 55.7 Å². The molecular weight excluding hydrogens is 354 g/mol. The van der Waals surface area contributed by atoms with E-state index in [9.17, 15) is 5.21 Å². The van der Waals surface area contributed by atoms with Crippen molar-refractivity contribution < 1.29 is 5.21 Å². The van der Waals surface area contributed by atoms with Gasteiger partial charge in [0.1, 0.15) is 0 Å². The normalized spacial score (nSPS) is 15.9. The summed E-state index contributed by atoms with van der Waals surface area (Å²) >= 11 is 5.38. The maximum atomic E-state index is 10.3. The first-order valence-corrected chi connectivity index (χ1v) is 10.4.